The van der Waals surface area contributed by atoms with Gasteiger partial charge in [0.25, 0.3) is 0 Å². The average Bonchev–Trinajstić information content (AvgIpc) is 2.74. The molecule has 1 heteroatoms. The molecule has 0 spiro atoms. The molecule has 4 aromatic rings. The van der Waals surface area contributed by atoms with Gasteiger partial charge in [-0.25, -0.2) is 4.39 Å². The molecule has 0 unspecified atom stereocenters. The van der Waals surface area contributed by atoms with Gasteiger partial charge in [0.05, 0.1) is 0 Å². The molecule has 1 aliphatic carbocycles. The van der Waals surface area contributed by atoms with Gasteiger partial charge in [-0.3, -0.25) is 0 Å². The smallest absolute Gasteiger partial charge is 0.123 e. The predicted molar refractivity (Wildman–Crippen MR) is 116 cm³/mol. The van der Waals surface area contributed by atoms with Gasteiger partial charge in [0.2, 0.25) is 0 Å². The maximum atomic E-state index is 13.0. The Bertz CT molecular complexity index is 1120. The first-order chi connectivity index (χ1) is 13.8. The van der Waals surface area contributed by atoms with E-state index in [4.69, 9.17) is 0 Å². The van der Waals surface area contributed by atoms with Crippen molar-refractivity contribution in [1.29, 1.82) is 0 Å². The number of aryl methyl sites for hydroxylation is 2. The first-order valence-electron chi connectivity index (χ1n) is 10.4. The highest BCUT2D eigenvalue weighted by molar-refractivity contribution is 6.08. The molecule has 0 bridgehead atoms. The van der Waals surface area contributed by atoms with Crippen molar-refractivity contribution in [2.45, 2.75) is 38.5 Å². The van der Waals surface area contributed by atoms with Crippen molar-refractivity contribution in [3.05, 3.63) is 95.3 Å². The summed E-state index contributed by atoms with van der Waals surface area (Å²) in [4.78, 5) is 0. The highest BCUT2D eigenvalue weighted by Gasteiger charge is 2.20. The van der Waals surface area contributed by atoms with E-state index in [-0.39, 0.29) is 5.82 Å². The highest BCUT2D eigenvalue weighted by atomic mass is 19.1. The Morgan fingerprint density at radius 2 is 1.61 bits per heavy atom. The van der Waals surface area contributed by atoms with Crippen molar-refractivity contribution in [1.82, 2.24) is 0 Å². The van der Waals surface area contributed by atoms with E-state index in [0.29, 0.717) is 0 Å². The van der Waals surface area contributed by atoms with E-state index in [9.17, 15) is 4.39 Å². The molecule has 28 heavy (non-hydrogen) atoms. The van der Waals surface area contributed by atoms with Crippen LogP contribution in [0.3, 0.4) is 0 Å². The molecular weight excluding hydrogens is 343 g/mol. The molecule has 0 radical (unpaired) electrons. The van der Waals surface area contributed by atoms with Gasteiger partial charge < -0.3 is 0 Å². The second kappa shape index (κ2) is 7.39. The van der Waals surface area contributed by atoms with Crippen molar-refractivity contribution in [2.24, 2.45) is 5.92 Å². The minimum absolute atomic E-state index is 0.146. The summed E-state index contributed by atoms with van der Waals surface area (Å²) in [5.74, 6) is 0.624. The molecular formula is C27H25F. The summed E-state index contributed by atoms with van der Waals surface area (Å²) in [7, 11) is 0. The van der Waals surface area contributed by atoms with Gasteiger partial charge in [0.1, 0.15) is 5.82 Å². The lowest BCUT2D eigenvalue weighted by molar-refractivity contribution is 0.416. The van der Waals surface area contributed by atoms with E-state index >= 15 is 0 Å². The molecule has 0 saturated heterocycles. The molecule has 0 heterocycles. The topological polar surface area (TPSA) is 0 Å². The van der Waals surface area contributed by atoms with Crippen LogP contribution in [0.5, 0.6) is 0 Å². The number of fused-ring (bicyclic) bond motifs is 5. The van der Waals surface area contributed by atoms with Gasteiger partial charge >= 0.3 is 0 Å². The number of hydrogen-bond donors (Lipinski definition) is 0. The third-order valence-corrected chi connectivity index (χ3v) is 6.44. The molecule has 4 aromatic carbocycles. The SMILES string of the molecule is Fc1ccc(CCC[C@H]2CCc3c(ccc4c3ccc3ccccc34)C2)cc1. The molecule has 0 amide bonds. The van der Waals surface area contributed by atoms with E-state index in [1.165, 1.54) is 59.2 Å². The van der Waals surface area contributed by atoms with Crippen molar-refractivity contribution in [2.75, 3.05) is 0 Å². The zero-order chi connectivity index (χ0) is 18.9. The lowest BCUT2D eigenvalue weighted by Gasteiger charge is -2.26. The predicted octanol–water partition coefficient (Wildman–Crippen LogP) is 7.26. The second-order valence-electron chi connectivity index (χ2n) is 8.21. The second-order valence-corrected chi connectivity index (χ2v) is 8.21. The molecule has 1 aliphatic rings. The minimum Gasteiger partial charge on any atom is -0.207 e. The van der Waals surface area contributed by atoms with E-state index < -0.39 is 0 Å². The summed E-state index contributed by atoms with van der Waals surface area (Å²) < 4.78 is 13.0. The zero-order valence-corrected chi connectivity index (χ0v) is 16.1. The van der Waals surface area contributed by atoms with Crippen LogP contribution in [-0.4, -0.2) is 0 Å². The van der Waals surface area contributed by atoms with Gasteiger partial charge in [-0.15, -0.1) is 0 Å². The lowest BCUT2D eigenvalue weighted by atomic mass is 9.79. The largest absolute Gasteiger partial charge is 0.207 e. The van der Waals surface area contributed by atoms with Gasteiger partial charge in [0.15, 0.2) is 0 Å². The third-order valence-electron chi connectivity index (χ3n) is 6.44. The summed E-state index contributed by atoms with van der Waals surface area (Å²) in [5.41, 5.74) is 4.36. The van der Waals surface area contributed by atoms with Crippen LogP contribution in [0, 0.1) is 11.7 Å². The van der Waals surface area contributed by atoms with Crippen LogP contribution in [-0.2, 0) is 19.3 Å². The van der Waals surface area contributed by atoms with E-state index in [1.54, 1.807) is 23.3 Å². The van der Waals surface area contributed by atoms with Gasteiger partial charge in [0, 0.05) is 0 Å². The van der Waals surface area contributed by atoms with Crippen LogP contribution >= 0.6 is 0 Å². The summed E-state index contributed by atoms with van der Waals surface area (Å²) in [6.07, 6.45) is 7.15. The fourth-order valence-corrected chi connectivity index (χ4v) is 4.94. The summed E-state index contributed by atoms with van der Waals surface area (Å²) >= 11 is 0. The van der Waals surface area contributed by atoms with Crippen molar-refractivity contribution < 1.29 is 4.39 Å². The monoisotopic (exact) mass is 368 g/mol. The maximum Gasteiger partial charge on any atom is 0.123 e. The van der Waals surface area contributed by atoms with E-state index in [2.05, 4.69) is 48.5 Å². The molecule has 0 saturated carbocycles. The first-order valence-corrected chi connectivity index (χ1v) is 10.4. The number of halogens is 1. The standard InChI is InChI=1S/C27H25F/c28-23-13-8-19(9-14-23)4-3-5-20-10-15-25-22(18-20)12-17-26-24-7-2-1-6-21(24)11-16-27(25)26/h1-2,6-9,11-14,16-17,20H,3-5,10,15,18H2/t20-/m0/s1. The minimum atomic E-state index is -0.146. The van der Waals surface area contributed by atoms with Crippen LogP contribution in [0.15, 0.2) is 72.8 Å². The number of rotatable bonds is 4. The Kier molecular flexibility index (Phi) is 4.60. The summed E-state index contributed by atoms with van der Waals surface area (Å²) in [6, 6.07) is 25.0. The summed E-state index contributed by atoms with van der Waals surface area (Å²) in [6.45, 7) is 0. The molecule has 5 rings (SSSR count). The van der Waals surface area contributed by atoms with Crippen LogP contribution in [0.2, 0.25) is 0 Å². The van der Waals surface area contributed by atoms with Crippen molar-refractivity contribution in [3.63, 3.8) is 0 Å². The number of benzene rings is 4. The van der Waals surface area contributed by atoms with Gasteiger partial charge in [-0.05, 0) is 94.8 Å². The molecule has 0 aromatic heterocycles. The Hall–Kier alpha value is -2.67. The van der Waals surface area contributed by atoms with Crippen molar-refractivity contribution >= 4 is 21.5 Å². The van der Waals surface area contributed by atoms with Crippen LogP contribution < -0.4 is 0 Å². The highest BCUT2D eigenvalue weighted by Crippen LogP contribution is 2.36. The zero-order valence-electron chi connectivity index (χ0n) is 16.1. The van der Waals surface area contributed by atoms with Crippen molar-refractivity contribution in [3.8, 4) is 0 Å². The Balaban J connectivity index is 1.32. The fraction of sp³-hybridized carbons (Fsp3) is 0.259. The van der Waals surface area contributed by atoms with Gasteiger partial charge in [-0.2, -0.15) is 0 Å². The molecule has 140 valence electrons. The van der Waals surface area contributed by atoms with Crippen LogP contribution in [0.25, 0.3) is 21.5 Å². The third kappa shape index (κ3) is 3.30. The van der Waals surface area contributed by atoms with E-state index in [0.717, 1.165) is 12.3 Å². The average molecular weight is 368 g/mol. The molecule has 1 atom stereocenters. The quantitative estimate of drug-likeness (QED) is 0.333. The molecule has 0 nitrogen and oxygen atoms in total. The molecule has 0 N–H and O–H groups in total. The lowest BCUT2D eigenvalue weighted by Crippen LogP contribution is -2.15. The maximum absolute atomic E-state index is 13.0. The number of hydrogen-bond acceptors (Lipinski definition) is 0. The normalized spacial score (nSPS) is 16.4. The van der Waals surface area contributed by atoms with Crippen LogP contribution in [0.4, 0.5) is 4.39 Å². The van der Waals surface area contributed by atoms with Crippen LogP contribution in [0.1, 0.15) is 36.0 Å². The Morgan fingerprint density at radius 1 is 0.786 bits per heavy atom. The Morgan fingerprint density at radius 3 is 2.50 bits per heavy atom. The fourth-order valence-electron chi connectivity index (χ4n) is 4.94. The molecule has 0 fully saturated rings. The van der Waals surface area contributed by atoms with Gasteiger partial charge in [-0.1, -0.05) is 60.7 Å². The first kappa shape index (κ1) is 17.4. The Labute approximate surface area is 166 Å². The van der Waals surface area contributed by atoms with E-state index in [1.807, 2.05) is 12.1 Å². The molecule has 0 aliphatic heterocycles. The summed E-state index contributed by atoms with van der Waals surface area (Å²) in [5, 5.41) is 5.53.